The van der Waals surface area contributed by atoms with E-state index in [2.05, 4.69) is 18.7 Å². The molecule has 0 saturated carbocycles. The zero-order valence-corrected chi connectivity index (χ0v) is 20.0. The van der Waals surface area contributed by atoms with Crippen LogP contribution in [0.5, 0.6) is 0 Å². The predicted octanol–water partition coefficient (Wildman–Crippen LogP) is 5.32. The maximum atomic E-state index is 14.6. The molecule has 8 heteroatoms. The number of hydrogen-bond acceptors (Lipinski definition) is 5. The molecule has 4 rings (SSSR count). The van der Waals surface area contributed by atoms with E-state index in [4.69, 9.17) is 21.6 Å². The lowest BCUT2D eigenvalue weighted by molar-refractivity contribution is 0.0751. The third kappa shape index (κ3) is 4.64. The van der Waals surface area contributed by atoms with E-state index in [-0.39, 0.29) is 17.6 Å². The molecule has 3 heterocycles. The number of nitrogens with zero attached hydrogens (tertiary/aromatic N) is 4. The van der Waals surface area contributed by atoms with Crippen LogP contribution in [-0.2, 0) is 6.42 Å². The molecular weight excluding hydrogens is 447 g/mol. The van der Waals surface area contributed by atoms with Crippen molar-refractivity contribution in [3.8, 4) is 0 Å². The number of rotatable bonds is 5. The number of thiophene rings is 1. The molecular formula is C24H26ClFN4OS. The van der Waals surface area contributed by atoms with Gasteiger partial charge < -0.3 is 9.80 Å². The lowest BCUT2D eigenvalue weighted by atomic mass is 9.97. The van der Waals surface area contributed by atoms with Gasteiger partial charge in [-0.15, -0.1) is 11.3 Å². The monoisotopic (exact) mass is 472 g/mol. The van der Waals surface area contributed by atoms with E-state index in [0.717, 1.165) is 22.0 Å². The first-order valence-electron chi connectivity index (χ1n) is 10.7. The third-order valence-electron chi connectivity index (χ3n) is 5.69. The highest BCUT2D eigenvalue weighted by Crippen LogP contribution is 2.32. The van der Waals surface area contributed by atoms with Crippen LogP contribution in [0.4, 0.5) is 10.2 Å². The van der Waals surface area contributed by atoms with Gasteiger partial charge in [-0.1, -0.05) is 37.6 Å². The summed E-state index contributed by atoms with van der Waals surface area (Å²) in [5.41, 5.74) is 2.26. The van der Waals surface area contributed by atoms with Crippen LogP contribution in [0, 0.1) is 12.7 Å². The average Bonchev–Trinajstić information content (AvgIpc) is 3.31. The van der Waals surface area contributed by atoms with Crippen molar-refractivity contribution in [2.75, 3.05) is 31.1 Å². The summed E-state index contributed by atoms with van der Waals surface area (Å²) in [5.74, 6) is 1.38. The van der Waals surface area contributed by atoms with Crippen molar-refractivity contribution in [2.45, 2.75) is 33.1 Å². The van der Waals surface area contributed by atoms with E-state index in [1.165, 1.54) is 17.4 Å². The summed E-state index contributed by atoms with van der Waals surface area (Å²) in [6, 6.07) is 8.50. The number of amides is 1. The lowest BCUT2D eigenvalue weighted by Crippen LogP contribution is -2.49. The highest BCUT2D eigenvalue weighted by Gasteiger charge is 2.27. The van der Waals surface area contributed by atoms with E-state index in [1.54, 1.807) is 12.1 Å². The molecule has 1 amide bonds. The standard InChI is InChI=1S/C24H26ClFN4OS/c1-15(2)22-18(14-17-19(25)6-4-7-20(17)26)23(28-16(3)27-22)29-9-11-30(12-10-29)24(31)21-8-5-13-32-21/h4-8,13,15H,9-12,14H2,1-3H3. The molecule has 0 N–H and O–H groups in total. The first kappa shape index (κ1) is 22.7. The van der Waals surface area contributed by atoms with Crippen LogP contribution in [0.1, 0.15) is 52.1 Å². The summed E-state index contributed by atoms with van der Waals surface area (Å²) in [7, 11) is 0. The molecule has 168 valence electrons. The maximum Gasteiger partial charge on any atom is 0.264 e. The smallest absolute Gasteiger partial charge is 0.264 e. The van der Waals surface area contributed by atoms with Crippen molar-refractivity contribution < 1.29 is 9.18 Å². The molecule has 32 heavy (non-hydrogen) atoms. The average molecular weight is 473 g/mol. The number of aryl methyl sites for hydroxylation is 1. The quantitative estimate of drug-likeness (QED) is 0.504. The van der Waals surface area contributed by atoms with Gasteiger partial charge in [0.05, 0.1) is 10.6 Å². The zero-order valence-electron chi connectivity index (χ0n) is 18.4. The Hall–Kier alpha value is -2.51. The van der Waals surface area contributed by atoms with E-state index in [9.17, 15) is 9.18 Å². The Morgan fingerprint density at radius 1 is 1.12 bits per heavy atom. The molecule has 2 aromatic heterocycles. The van der Waals surface area contributed by atoms with Crippen molar-refractivity contribution in [3.05, 3.63) is 74.1 Å². The van der Waals surface area contributed by atoms with E-state index < -0.39 is 0 Å². The predicted molar refractivity (Wildman–Crippen MR) is 128 cm³/mol. The summed E-state index contributed by atoms with van der Waals surface area (Å²) >= 11 is 7.81. The van der Waals surface area contributed by atoms with Crippen LogP contribution < -0.4 is 4.90 Å². The van der Waals surface area contributed by atoms with Crippen molar-refractivity contribution in [1.29, 1.82) is 0 Å². The third-order valence-corrected chi connectivity index (χ3v) is 6.90. The second kappa shape index (κ2) is 9.55. The van der Waals surface area contributed by atoms with Gasteiger partial charge in [-0.25, -0.2) is 14.4 Å². The van der Waals surface area contributed by atoms with Gasteiger partial charge in [0.25, 0.3) is 5.91 Å². The highest BCUT2D eigenvalue weighted by atomic mass is 35.5. The van der Waals surface area contributed by atoms with Gasteiger partial charge in [-0.2, -0.15) is 0 Å². The number of carbonyl (C=O) groups excluding carboxylic acids is 1. The second-order valence-corrected chi connectivity index (χ2v) is 9.60. The fraction of sp³-hybridized carbons (Fsp3) is 0.375. The van der Waals surface area contributed by atoms with Gasteiger partial charge in [0.1, 0.15) is 17.5 Å². The fourth-order valence-electron chi connectivity index (χ4n) is 4.07. The Bertz CT molecular complexity index is 1090. The largest absolute Gasteiger partial charge is 0.353 e. The molecule has 0 bridgehead atoms. The Morgan fingerprint density at radius 2 is 1.88 bits per heavy atom. The Kier molecular flexibility index (Phi) is 6.76. The summed E-state index contributed by atoms with van der Waals surface area (Å²) in [6.45, 7) is 8.57. The summed E-state index contributed by atoms with van der Waals surface area (Å²) in [4.78, 5) is 27.0. The first-order valence-corrected chi connectivity index (χ1v) is 12.0. The van der Waals surface area contributed by atoms with Crippen LogP contribution >= 0.6 is 22.9 Å². The van der Waals surface area contributed by atoms with E-state index in [0.29, 0.717) is 49.0 Å². The van der Waals surface area contributed by atoms with Gasteiger partial charge in [0, 0.05) is 48.7 Å². The van der Waals surface area contributed by atoms with Crippen molar-refractivity contribution in [3.63, 3.8) is 0 Å². The Morgan fingerprint density at radius 3 is 2.50 bits per heavy atom. The minimum atomic E-state index is -0.329. The van der Waals surface area contributed by atoms with E-state index in [1.807, 2.05) is 29.3 Å². The van der Waals surface area contributed by atoms with Crippen LogP contribution in [0.2, 0.25) is 5.02 Å². The molecule has 1 saturated heterocycles. The number of halogens is 2. The van der Waals surface area contributed by atoms with Crippen LogP contribution in [0.25, 0.3) is 0 Å². The molecule has 1 aromatic carbocycles. The van der Waals surface area contributed by atoms with Gasteiger partial charge in [-0.3, -0.25) is 4.79 Å². The number of anilines is 1. The van der Waals surface area contributed by atoms with Gasteiger partial charge >= 0.3 is 0 Å². The van der Waals surface area contributed by atoms with Crippen molar-refractivity contribution >= 4 is 34.7 Å². The number of benzene rings is 1. The number of aromatic nitrogens is 2. The van der Waals surface area contributed by atoms with E-state index >= 15 is 0 Å². The van der Waals surface area contributed by atoms with Crippen LogP contribution in [0.15, 0.2) is 35.7 Å². The minimum Gasteiger partial charge on any atom is -0.353 e. The molecule has 5 nitrogen and oxygen atoms in total. The van der Waals surface area contributed by atoms with Crippen molar-refractivity contribution in [2.24, 2.45) is 0 Å². The first-order chi connectivity index (χ1) is 15.3. The molecule has 1 aliphatic heterocycles. The highest BCUT2D eigenvalue weighted by molar-refractivity contribution is 7.12. The number of carbonyl (C=O) groups is 1. The second-order valence-electron chi connectivity index (χ2n) is 8.25. The summed E-state index contributed by atoms with van der Waals surface area (Å²) < 4.78 is 14.6. The molecule has 0 spiro atoms. The minimum absolute atomic E-state index is 0.0692. The lowest BCUT2D eigenvalue weighted by Gasteiger charge is -2.36. The molecule has 0 atom stereocenters. The molecule has 0 unspecified atom stereocenters. The van der Waals surface area contributed by atoms with Gasteiger partial charge in [0.2, 0.25) is 0 Å². The normalized spacial score (nSPS) is 14.3. The van der Waals surface area contributed by atoms with Gasteiger partial charge in [0.15, 0.2) is 0 Å². The molecule has 1 aliphatic rings. The maximum absolute atomic E-state index is 14.6. The summed E-state index contributed by atoms with van der Waals surface area (Å²) in [5, 5.41) is 2.32. The molecule has 3 aromatic rings. The zero-order chi connectivity index (χ0) is 22.8. The Labute approximate surface area is 196 Å². The Balaban J connectivity index is 1.64. The number of piperazine rings is 1. The topological polar surface area (TPSA) is 49.3 Å². The molecule has 1 fully saturated rings. The van der Waals surface area contributed by atoms with Gasteiger partial charge in [-0.05, 0) is 36.4 Å². The summed E-state index contributed by atoms with van der Waals surface area (Å²) in [6.07, 6.45) is 0.322. The SMILES string of the molecule is Cc1nc(C(C)C)c(Cc2c(F)cccc2Cl)c(N2CCN(C(=O)c3cccs3)CC2)n1. The molecule has 0 aliphatic carbocycles. The molecule has 0 radical (unpaired) electrons. The van der Waals surface area contributed by atoms with Crippen LogP contribution in [0.3, 0.4) is 0 Å². The van der Waals surface area contributed by atoms with Crippen molar-refractivity contribution in [1.82, 2.24) is 14.9 Å². The van der Waals surface area contributed by atoms with Crippen LogP contribution in [-0.4, -0.2) is 47.0 Å². The fourth-order valence-corrected chi connectivity index (χ4v) is 4.99. The number of hydrogen-bond donors (Lipinski definition) is 0.